The van der Waals surface area contributed by atoms with Gasteiger partial charge in [0.2, 0.25) is 0 Å². The number of hydrogen-bond donors (Lipinski definition) is 0. The minimum atomic E-state index is -0.653. The van der Waals surface area contributed by atoms with Crippen LogP contribution in [0.3, 0.4) is 0 Å². The molecule has 0 amide bonds. The zero-order valence-corrected chi connectivity index (χ0v) is 19.2. The molecule has 0 saturated carbocycles. The summed E-state index contributed by atoms with van der Waals surface area (Å²) in [5, 5.41) is 0. The predicted octanol–water partition coefficient (Wildman–Crippen LogP) is 3.88. The summed E-state index contributed by atoms with van der Waals surface area (Å²) < 4.78 is 7.75. The quantitative estimate of drug-likeness (QED) is 0.480. The summed E-state index contributed by atoms with van der Waals surface area (Å²) in [7, 11) is 0. The second-order valence-electron chi connectivity index (χ2n) is 4.59. The molecule has 0 aliphatic rings. The van der Waals surface area contributed by atoms with Gasteiger partial charge in [0.25, 0.3) is 0 Å². The molecule has 0 N–H and O–H groups in total. The first-order valence-corrected chi connectivity index (χ1v) is 17.0. The van der Waals surface area contributed by atoms with Gasteiger partial charge < -0.3 is 0 Å². The van der Waals surface area contributed by atoms with Crippen molar-refractivity contribution in [1.82, 2.24) is 0 Å². The Labute approximate surface area is 143 Å². The summed E-state index contributed by atoms with van der Waals surface area (Å²) in [6.45, 7) is 7.05. The first-order valence-electron chi connectivity index (χ1n) is 7.45. The van der Waals surface area contributed by atoms with Gasteiger partial charge in [-0.3, -0.25) is 0 Å². The van der Waals surface area contributed by atoms with Gasteiger partial charge in [-0.1, -0.05) is 0 Å². The molecule has 0 spiro atoms. The summed E-state index contributed by atoms with van der Waals surface area (Å²) >= 11 is -1.27. The van der Waals surface area contributed by atoms with Gasteiger partial charge in [-0.25, -0.2) is 0 Å². The molecular formula is C18H25BiSn. The Balaban J connectivity index is 0.000000246. The molecule has 0 atom stereocenters. The molecule has 2 aromatic carbocycles. The maximum atomic E-state index is 2.35. The van der Waals surface area contributed by atoms with Gasteiger partial charge in [-0.05, 0) is 0 Å². The molecule has 0 fully saturated rings. The molecule has 2 radical (unpaired) electrons. The van der Waals surface area contributed by atoms with Crippen molar-refractivity contribution in [1.29, 1.82) is 0 Å². The fraction of sp³-hybridized carbons (Fsp3) is 0.333. The molecule has 2 rings (SSSR count). The van der Waals surface area contributed by atoms with E-state index in [1.54, 1.807) is 19.9 Å². The van der Waals surface area contributed by atoms with E-state index in [2.05, 4.69) is 81.4 Å². The molecule has 0 bridgehead atoms. The van der Waals surface area contributed by atoms with Crippen LogP contribution in [0.25, 0.3) is 0 Å². The number of hydrogen-bond acceptors (Lipinski definition) is 0. The average molecular weight is 569 g/mol. The third kappa shape index (κ3) is 7.79. The molecule has 0 heterocycles. The Kier molecular flexibility index (Phi) is 10.7. The zero-order valence-electron chi connectivity index (χ0n) is 12.8. The molecule has 0 aromatic heterocycles. The number of rotatable bonds is 5. The molecule has 0 aliphatic heterocycles. The first-order chi connectivity index (χ1) is 9.80. The van der Waals surface area contributed by atoms with Gasteiger partial charge >= 0.3 is 144 Å². The number of benzene rings is 2. The summed E-state index contributed by atoms with van der Waals surface area (Å²) in [4.78, 5) is 0. The summed E-state index contributed by atoms with van der Waals surface area (Å²) in [5.74, 6) is 0. The predicted molar refractivity (Wildman–Crippen MR) is 95.1 cm³/mol. The fourth-order valence-corrected chi connectivity index (χ4v) is 9.84. The zero-order chi connectivity index (χ0) is 14.6. The fourth-order valence-electron chi connectivity index (χ4n) is 1.90. The van der Waals surface area contributed by atoms with Crippen LogP contribution in [-0.2, 0) is 0 Å². The Bertz CT molecular complexity index is 394. The van der Waals surface area contributed by atoms with Crippen LogP contribution in [-0.4, -0.2) is 43.0 Å². The topological polar surface area (TPSA) is 0 Å². The SMILES string of the molecule is C[CH2][Sn]([CH2]C)[CH2]C.c1cc[c]([Bi][c]2ccccc2)cc1. The molecule has 2 aromatic rings. The van der Waals surface area contributed by atoms with Crippen LogP contribution < -0.4 is 6.54 Å². The average Bonchev–Trinajstić information content (AvgIpc) is 2.52. The van der Waals surface area contributed by atoms with E-state index >= 15 is 0 Å². The van der Waals surface area contributed by atoms with Crippen molar-refractivity contribution in [3.63, 3.8) is 0 Å². The maximum absolute atomic E-state index is 2.35. The van der Waals surface area contributed by atoms with Crippen molar-refractivity contribution in [3.05, 3.63) is 60.7 Å². The van der Waals surface area contributed by atoms with Gasteiger partial charge in [0.15, 0.2) is 0 Å². The second kappa shape index (κ2) is 11.7. The molecule has 20 heavy (non-hydrogen) atoms. The normalized spacial score (nSPS) is 10.0. The summed E-state index contributed by atoms with van der Waals surface area (Å²) in [6, 6.07) is 21.6. The molecule has 0 nitrogen and oxygen atoms in total. The van der Waals surface area contributed by atoms with Crippen LogP contribution in [0.5, 0.6) is 0 Å². The van der Waals surface area contributed by atoms with Crippen LogP contribution in [0.15, 0.2) is 60.7 Å². The second-order valence-corrected chi connectivity index (χ2v) is 19.8. The van der Waals surface area contributed by atoms with E-state index in [9.17, 15) is 0 Å². The summed E-state index contributed by atoms with van der Waals surface area (Å²) in [6.07, 6.45) is 0. The Hall–Kier alpha value is 0.122. The Morgan fingerprint density at radius 2 is 1.00 bits per heavy atom. The molecule has 0 saturated heterocycles. The monoisotopic (exact) mass is 570 g/mol. The van der Waals surface area contributed by atoms with E-state index in [-0.39, 0.29) is 0 Å². The van der Waals surface area contributed by atoms with Crippen LogP contribution in [0.1, 0.15) is 20.8 Å². The first kappa shape index (κ1) is 18.2. The Morgan fingerprint density at radius 1 is 0.650 bits per heavy atom. The minimum absolute atomic E-state index is 0.613. The van der Waals surface area contributed by atoms with Gasteiger partial charge in [0, 0.05) is 0 Å². The van der Waals surface area contributed by atoms with Crippen molar-refractivity contribution in [3.8, 4) is 0 Å². The van der Waals surface area contributed by atoms with E-state index in [0.717, 1.165) is 0 Å². The van der Waals surface area contributed by atoms with Gasteiger partial charge in [-0.15, -0.1) is 0 Å². The molecular weight excluding hydrogens is 544 g/mol. The van der Waals surface area contributed by atoms with E-state index < -0.39 is 43.0 Å². The van der Waals surface area contributed by atoms with Crippen LogP contribution in [0.2, 0.25) is 13.3 Å². The van der Waals surface area contributed by atoms with Gasteiger partial charge in [0.05, 0.1) is 0 Å². The van der Waals surface area contributed by atoms with Crippen LogP contribution in [0, 0.1) is 0 Å². The summed E-state index contributed by atoms with van der Waals surface area (Å²) in [5.41, 5.74) is 0. The Morgan fingerprint density at radius 3 is 1.25 bits per heavy atom. The standard InChI is InChI=1S/2C6H5.3C2H5.Bi.Sn/c2*1-2-4-6-5-3-1;3*1-2;;/h2*1-5H;3*1H2,2H3;;. The van der Waals surface area contributed by atoms with Gasteiger partial charge in [0.1, 0.15) is 0 Å². The molecule has 0 aliphatic carbocycles. The van der Waals surface area contributed by atoms with E-state index in [1.807, 2.05) is 0 Å². The van der Waals surface area contributed by atoms with Crippen molar-refractivity contribution in [2.75, 3.05) is 0 Å². The van der Waals surface area contributed by atoms with Gasteiger partial charge in [-0.2, -0.15) is 0 Å². The third-order valence-electron chi connectivity index (χ3n) is 3.27. The molecule has 106 valence electrons. The van der Waals surface area contributed by atoms with Crippen LogP contribution in [0.4, 0.5) is 0 Å². The van der Waals surface area contributed by atoms with Crippen molar-refractivity contribution >= 4 is 49.5 Å². The molecule has 2 heteroatoms. The van der Waals surface area contributed by atoms with Crippen molar-refractivity contribution in [2.24, 2.45) is 0 Å². The van der Waals surface area contributed by atoms with Crippen molar-refractivity contribution < 1.29 is 0 Å². The molecule has 0 unspecified atom stereocenters. The van der Waals surface area contributed by atoms with E-state index in [4.69, 9.17) is 0 Å². The van der Waals surface area contributed by atoms with E-state index in [1.165, 1.54) is 0 Å². The van der Waals surface area contributed by atoms with E-state index in [0.29, 0.717) is 0 Å². The van der Waals surface area contributed by atoms with Crippen molar-refractivity contribution in [2.45, 2.75) is 34.1 Å². The van der Waals surface area contributed by atoms with Crippen LogP contribution >= 0.6 is 0 Å². The third-order valence-corrected chi connectivity index (χ3v) is 16.2.